The quantitative estimate of drug-likeness (QED) is 0.456. The molecule has 1 N–H and O–H groups in total. The molecule has 0 aliphatic carbocycles. The van der Waals surface area contributed by atoms with Crippen LogP contribution in [0.25, 0.3) is 0 Å². The monoisotopic (exact) mass is 415 g/mol. The van der Waals surface area contributed by atoms with Crippen molar-refractivity contribution >= 4 is 25.4 Å². The summed E-state index contributed by atoms with van der Waals surface area (Å²) in [6.45, 7) is 1.59. The Hall–Kier alpha value is -2.22. The van der Waals surface area contributed by atoms with E-state index < -0.39 is 37.4 Å². The van der Waals surface area contributed by atoms with E-state index in [1.165, 1.54) is 40.6 Å². The highest BCUT2D eigenvalue weighted by molar-refractivity contribution is 7.52. The SMILES string of the molecule is COC(=O)[C@@H](C)C[C@@H](NC(=O)c1ccc(CP(=O)(OC)OC)cc1)C(=O)OC. The zero-order valence-corrected chi connectivity index (χ0v) is 17.5. The van der Waals surface area contributed by atoms with Crippen LogP contribution in [-0.4, -0.2) is 52.3 Å². The van der Waals surface area contributed by atoms with Crippen molar-refractivity contribution in [1.82, 2.24) is 5.32 Å². The van der Waals surface area contributed by atoms with E-state index in [2.05, 4.69) is 10.1 Å². The summed E-state index contributed by atoms with van der Waals surface area (Å²) in [6, 6.07) is 5.28. The van der Waals surface area contributed by atoms with Crippen LogP contribution in [0, 0.1) is 5.92 Å². The lowest BCUT2D eigenvalue weighted by Gasteiger charge is -2.19. The Balaban J connectivity index is 2.86. The first-order valence-corrected chi connectivity index (χ1v) is 10.2. The van der Waals surface area contributed by atoms with E-state index in [0.29, 0.717) is 5.56 Å². The number of amides is 1. The highest BCUT2D eigenvalue weighted by Crippen LogP contribution is 2.49. The first-order chi connectivity index (χ1) is 13.2. The van der Waals surface area contributed by atoms with E-state index in [9.17, 15) is 18.9 Å². The van der Waals surface area contributed by atoms with Gasteiger partial charge in [0.2, 0.25) is 0 Å². The Bertz CT molecular complexity index is 726. The van der Waals surface area contributed by atoms with Crippen molar-refractivity contribution in [3.63, 3.8) is 0 Å². The molecule has 9 nitrogen and oxygen atoms in total. The van der Waals surface area contributed by atoms with Crippen LogP contribution in [-0.2, 0) is 38.8 Å². The smallest absolute Gasteiger partial charge is 0.334 e. The van der Waals surface area contributed by atoms with Gasteiger partial charge in [-0.3, -0.25) is 14.2 Å². The van der Waals surface area contributed by atoms with Crippen molar-refractivity contribution in [2.75, 3.05) is 28.4 Å². The maximum atomic E-state index is 12.5. The summed E-state index contributed by atoms with van der Waals surface area (Å²) < 4.78 is 31.3. The summed E-state index contributed by atoms with van der Waals surface area (Å²) in [5.41, 5.74) is 0.945. The maximum Gasteiger partial charge on any atom is 0.334 e. The van der Waals surface area contributed by atoms with Gasteiger partial charge in [0.1, 0.15) is 6.04 Å². The lowest BCUT2D eigenvalue weighted by atomic mass is 10.0. The first-order valence-electron chi connectivity index (χ1n) is 8.45. The second kappa shape index (κ2) is 10.9. The molecule has 0 aromatic heterocycles. The molecule has 156 valence electrons. The summed E-state index contributed by atoms with van der Waals surface area (Å²) in [7, 11) is 1.83. The number of hydrogen-bond acceptors (Lipinski definition) is 8. The molecule has 28 heavy (non-hydrogen) atoms. The minimum atomic E-state index is -3.22. The van der Waals surface area contributed by atoms with E-state index in [4.69, 9.17) is 13.8 Å². The van der Waals surface area contributed by atoms with Gasteiger partial charge < -0.3 is 23.8 Å². The van der Waals surface area contributed by atoms with Gasteiger partial charge in [0.15, 0.2) is 0 Å². The first kappa shape index (κ1) is 23.8. The minimum Gasteiger partial charge on any atom is -0.469 e. The molecular formula is C18H26NO8P. The average Bonchev–Trinajstić information content (AvgIpc) is 2.72. The molecule has 0 aliphatic heterocycles. The Morgan fingerprint density at radius 1 is 0.964 bits per heavy atom. The summed E-state index contributed by atoms with van der Waals surface area (Å²) in [6.07, 6.45) is 0.0946. The predicted molar refractivity (Wildman–Crippen MR) is 101 cm³/mol. The van der Waals surface area contributed by atoms with Crippen LogP contribution < -0.4 is 5.32 Å². The van der Waals surface area contributed by atoms with Crippen LogP contribution in [0.1, 0.15) is 29.3 Å². The number of hydrogen-bond donors (Lipinski definition) is 1. The fraction of sp³-hybridized carbons (Fsp3) is 0.500. The Kier molecular flexibility index (Phi) is 9.31. The molecule has 10 heteroatoms. The van der Waals surface area contributed by atoms with Gasteiger partial charge in [0, 0.05) is 19.8 Å². The van der Waals surface area contributed by atoms with Gasteiger partial charge in [-0.25, -0.2) is 4.79 Å². The summed E-state index contributed by atoms with van der Waals surface area (Å²) >= 11 is 0. The third kappa shape index (κ3) is 6.74. The molecule has 2 atom stereocenters. The maximum absolute atomic E-state index is 12.5. The van der Waals surface area contributed by atoms with Crippen LogP contribution >= 0.6 is 7.60 Å². The lowest BCUT2D eigenvalue weighted by Crippen LogP contribution is -2.43. The number of esters is 2. The van der Waals surface area contributed by atoms with Crippen molar-refractivity contribution in [3.8, 4) is 0 Å². The topological polar surface area (TPSA) is 117 Å². The molecular weight excluding hydrogens is 389 g/mol. The highest BCUT2D eigenvalue weighted by Gasteiger charge is 2.28. The van der Waals surface area contributed by atoms with E-state index in [1.807, 2.05) is 0 Å². The van der Waals surface area contributed by atoms with Crippen LogP contribution in [0.2, 0.25) is 0 Å². The Morgan fingerprint density at radius 2 is 1.50 bits per heavy atom. The third-order valence-corrected chi connectivity index (χ3v) is 6.00. The van der Waals surface area contributed by atoms with Gasteiger partial charge in [-0.1, -0.05) is 19.1 Å². The second-order valence-electron chi connectivity index (χ2n) is 6.04. The van der Waals surface area contributed by atoms with Gasteiger partial charge in [-0.15, -0.1) is 0 Å². The van der Waals surface area contributed by atoms with Crippen molar-refractivity contribution in [3.05, 3.63) is 35.4 Å². The molecule has 1 rings (SSSR count). The van der Waals surface area contributed by atoms with E-state index >= 15 is 0 Å². The van der Waals surface area contributed by atoms with Crippen LogP contribution in [0.15, 0.2) is 24.3 Å². The molecule has 0 saturated heterocycles. The molecule has 0 saturated carbocycles. The normalized spacial score (nSPS) is 13.3. The molecule has 1 aromatic carbocycles. The summed E-state index contributed by atoms with van der Waals surface area (Å²) in [5.74, 6) is -2.27. The second-order valence-corrected chi connectivity index (χ2v) is 8.31. The molecule has 0 fully saturated rings. The highest BCUT2D eigenvalue weighted by atomic mass is 31.2. The minimum absolute atomic E-state index is 0.0357. The number of ether oxygens (including phenoxy) is 2. The third-order valence-electron chi connectivity index (χ3n) is 4.13. The molecule has 0 bridgehead atoms. The standard InChI is InChI=1S/C18H26NO8P/c1-12(17(21)24-2)10-15(18(22)25-3)19-16(20)14-8-6-13(7-9-14)11-28(23,26-4)27-5/h6-9,12,15H,10-11H2,1-5H3,(H,19,20)/t12-,15+/m0/s1. The average molecular weight is 415 g/mol. The van der Waals surface area contributed by atoms with Gasteiger partial charge in [-0.2, -0.15) is 0 Å². The number of carbonyl (C=O) groups is 3. The van der Waals surface area contributed by atoms with Crippen LogP contribution in [0.3, 0.4) is 0 Å². The number of carbonyl (C=O) groups excluding carboxylic acids is 3. The van der Waals surface area contributed by atoms with Gasteiger partial charge in [0.25, 0.3) is 5.91 Å². The fourth-order valence-corrected chi connectivity index (χ4v) is 3.50. The zero-order valence-electron chi connectivity index (χ0n) is 16.6. The van der Waals surface area contributed by atoms with Gasteiger partial charge in [0.05, 0.1) is 26.3 Å². The number of benzene rings is 1. The Labute approximate surface area is 164 Å². The van der Waals surface area contributed by atoms with E-state index in [1.54, 1.807) is 19.1 Å². The Morgan fingerprint density at radius 3 is 1.96 bits per heavy atom. The van der Waals surface area contributed by atoms with Crippen molar-refractivity contribution in [1.29, 1.82) is 0 Å². The number of rotatable bonds is 10. The lowest BCUT2D eigenvalue weighted by molar-refractivity contribution is -0.147. The summed E-state index contributed by atoms with van der Waals surface area (Å²) in [4.78, 5) is 36.0. The molecule has 1 aromatic rings. The molecule has 0 radical (unpaired) electrons. The van der Waals surface area contributed by atoms with Crippen LogP contribution in [0.5, 0.6) is 0 Å². The van der Waals surface area contributed by atoms with Gasteiger partial charge in [-0.05, 0) is 24.1 Å². The van der Waals surface area contributed by atoms with Crippen molar-refractivity contribution < 1.29 is 37.5 Å². The van der Waals surface area contributed by atoms with Gasteiger partial charge >= 0.3 is 19.5 Å². The predicted octanol–water partition coefficient (Wildman–Crippen LogP) is 2.14. The fourth-order valence-electron chi connectivity index (χ4n) is 2.44. The molecule has 1 amide bonds. The van der Waals surface area contributed by atoms with Crippen molar-refractivity contribution in [2.24, 2.45) is 5.92 Å². The summed E-state index contributed by atoms with van der Waals surface area (Å²) in [5, 5.41) is 2.56. The zero-order chi connectivity index (χ0) is 21.3. The largest absolute Gasteiger partial charge is 0.469 e. The van der Waals surface area contributed by atoms with Crippen molar-refractivity contribution in [2.45, 2.75) is 25.5 Å². The molecule has 0 aliphatic rings. The molecule has 0 unspecified atom stereocenters. The van der Waals surface area contributed by atoms with Crippen LogP contribution in [0.4, 0.5) is 0 Å². The van der Waals surface area contributed by atoms with E-state index in [0.717, 1.165) is 0 Å². The number of methoxy groups -OCH3 is 2. The molecule has 0 heterocycles. The number of nitrogens with one attached hydrogen (secondary N) is 1. The van der Waals surface area contributed by atoms with E-state index in [-0.39, 0.29) is 18.1 Å². The molecule has 0 spiro atoms.